The summed E-state index contributed by atoms with van der Waals surface area (Å²) >= 11 is 0. The molecule has 0 aromatic heterocycles. The molecule has 0 aromatic rings. The lowest BCUT2D eigenvalue weighted by atomic mass is 10.7. The molecule has 0 N–H and O–H groups in total. The van der Waals surface area contributed by atoms with Gasteiger partial charge in [-0.15, -0.1) is 0 Å². The van der Waals surface area contributed by atoms with E-state index in [4.69, 9.17) is 4.91 Å². The van der Waals surface area contributed by atoms with Crippen molar-refractivity contribution < 1.29 is 13.2 Å². The number of hydrogen-bond acceptors (Lipinski definition) is 2. The van der Waals surface area contributed by atoms with Crippen LogP contribution in [0.25, 0.3) is 0 Å². The van der Waals surface area contributed by atoms with Crippen molar-refractivity contribution in [3.63, 3.8) is 0 Å². The van der Waals surface area contributed by atoms with Crippen molar-refractivity contribution >= 4 is 0 Å². The fraction of sp³-hybridized carbons (Fsp3) is 1.00. The van der Waals surface area contributed by atoms with Gasteiger partial charge in [-0.2, -0.15) is 18.1 Å². The standard InChI is InChI=1S/C2H2F3NO/c3-2(4,5)1-6-7/h1H2. The first kappa shape index (κ1) is 6.39. The average Bonchev–Trinajstić information content (AvgIpc) is 1.30. The molecule has 0 saturated heterocycles. The van der Waals surface area contributed by atoms with Crippen LogP contribution in [0.3, 0.4) is 0 Å². The lowest BCUT2D eigenvalue weighted by Crippen LogP contribution is -2.10. The van der Waals surface area contributed by atoms with Crippen LogP contribution >= 0.6 is 0 Å². The second kappa shape index (κ2) is 1.90. The van der Waals surface area contributed by atoms with Crippen molar-refractivity contribution in [1.82, 2.24) is 0 Å². The molecule has 0 aliphatic carbocycles. The van der Waals surface area contributed by atoms with Gasteiger partial charge in [0, 0.05) is 0 Å². The Kier molecular flexibility index (Phi) is 1.74. The summed E-state index contributed by atoms with van der Waals surface area (Å²) in [5.41, 5.74) is 0. The molecule has 42 valence electrons. The van der Waals surface area contributed by atoms with Gasteiger partial charge < -0.3 is 0 Å². The smallest absolute Gasteiger partial charge is 0.169 e. The number of nitroso groups, excluding NO2 is 1. The third-order valence-corrected chi connectivity index (χ3v) is 0.244. The fourth-order valence-electron chi connectivity index (χ4n) is 0.0732. The van der Waals surface area contributed by atoms with E-state index in [1.165, 1.54) is 0 Å². The Balaban J connectivity index is 3.34. The molecule has 7 heavy (non-hydrogen) atoms. The molecule has 5 heteroatoms. The molecule has 2 nitrogen and oxygen atoms in total. The lowest BCUT2D eigenvalue weighted by molar-refractivity contribution is -0.118. The van der Waals surface area contributed by atoms with Gasteiger partial charge >= 0.3 is 6.18 Å². The highest BCUT2D eigenvalue weighted by molar-refractivity contribution is 4.50. The SMILES string of the molecule is O=NCC(F)(F)F. The molecule has 0 unspecified atom stereocenters. The van der Waals surface area contributed by atoms with Crippen molar-refractivity contribution in [1.29, 1.82) is 0 Å². The van der Waals surface area contributed by atoms with E-state index in [1.54, 1.807) is 5.18 Å². The first-order chi connectivity index (χ1) is 3.06. The number of nitrogens with zero attached hydrogens (tertiary/aromatic N) is 1. The monoisotopic (exact) mass is 113 g/mol. The number of hydrogen-bond donors (Lipinski definition) is 0. The molecule has 0 fully saturated rings. The van der Waals surface area contributed by atoms with Gasteiger partial charge in [-0.1, -0.05) is 5.18 Å². The van der Waals surface area contributed by atoms with Gasteiger partial charge in [0.2, 0.25) is 0 Å². The number of rotatable bonds is 1. The molecule has 0 aliphatic rings. The zero-order valence-electron chi connectivity index (χ0n) is 3.20. The van der Waals surface area contributed by atoms with E-state index in [2.05, 4.69) is 0 Å². The number of halogens is 3. The normalized spacial score (nSPS) is 11.3. The van der Waals surface area contributed by atoms with E-state index in [-0.39, 0.29) is 0 Å². The van der Waals surface area contributed by atoms with E-state index in [9.17, 15) is 13.2 Å². The predicted molar refractivity (Wildman–Crippen MR) is 16.7 cm³/mol. The van der Waals surface area contributed by atoms with Gasteiger partial charge in [0.25, 0.3) is 0 Å². The van der Waals surface area contributed by atoms with Crippen LogP contribution in [-0.2, 0) is 0 Å². The van der Waals surface area contributed by atoms with Crippen LogP contribution in [0.2, 0.25) is 0 Å². The third-order valence-electron chi connectivity index (χ3n) is 0.244. The van der Waals surface area contributed by atoms with E-state index in [0.717, 1.165) is 0 Å². The third kappa shape index (κ3) is 5.39. The summed E-state index contributed by atoms with van der Waals surface area (Å²) in [4.78, 5) is 8.85. The second-order valence-corrected chi connectivity index (χ2v) is 0.902. The Hall–Kier alpha value is -0.610. The van der Waals surface area contributed by atoms with Gasteiger partial charge in [0.1, 0.15) is 0 Å². The molecule has 0 amide bonds. The summed E-state index contributed by atoms with van der Waals surface area (Å²) in [5, 5.41) is 1.63. The largest absolute Gasteiger partial charge is 0.411 e. The molecule has 0 radical (unpaired) electrons. The Morgan fingerprint density at radius 1 is 1.43 bits per heavy atom. The van der Waals surface area contributed by atoms with Crippen LogP contribution in [0.1, 0.15) is 0 Å². The maximum Gasteiger partial charge on any atom is 0.411 e. The zero-order chi connectivity index (χ0) is 5.91. The molecule has 0 bridgehead atoms. The summed E-state index contributed by atoms with van der Waals surface area (Å²) in [6, 6.07) is 0. The topological polar surface area (TPSA) is 29.4 Å². The lowest BCUT2D eigenvalue weighted by Gasteiger charge is -1.94. The van der Waals surface area contributed by atoms with Crippen LogP contribution in [0, 0.1) is 4.91 Å². The summed E-state index contributed by atoms with van der Waals surface area (Å²) < 4.78 is 32.3. The zero-order valence-corrected chi connectivity index (χ0v) is 3.20. The van der Waals surface area contributed by atoms with Crippen molar-refractivity contribution in [3.8, 4) is 0 Å². The molecular formula is C2H2F3NO. The highest BCUT2D eigenvalue weighted by Gasteiger charge is 2.27. The minimum absolute atomic E-state index is 1.59. The summed E-state index contributed by atoms with van der Waals surface area (Å²) in [5.74, 6) is 0. The molecule has 0 rings (SSSR count). The van der Waals surface area contributed by atoms with Gasteiger partial charge in [0.05, 0.1) is 0 Å². The molecule has 0 saturated carbocycles. The Labute approximate surface area is 37.3 Å². The van der Waals surface area contributed by atoms with Crippen LogP contribution in [0.15, 0.2) is 5.18 Å². The number of alkyl halides is 3. The summed E-state index contributed by atoms with van der Waals surface area (Å²) in [6.45, 7) is -1.59. The van der Waals surface area contributed by atoms with Crippen molar-refractivity contribution in [2.45, 2.75) is 6.18 Å². The molecule has 0 heterocycles. The Bertz CT molecular complexity index is 67.8. The molecule has 0 aliphatic heterocycles. The van der Waals surface area contributed by atoms with Gasteiger partial charge in [-0.3, -0.25) is 0 Å². The maximum atomic E-state index is 10.8. The molecule has 0 atom stereocenters. The summed E-state index contributed by atoms with van der Waals surface area (Å²) in [6.07, 6.45) is -4.43. The van der Waals surface area contributed by atoms with E-state index in [0.29, 0.717) is 0 Å². The fourth-order valence-corrected chi connectivity index (χ4v) is 0.0732. The second-order valence-electron chi connectivity index (χ2n) is 0.902. The van der Waals surface area contributed by atoms with Crippen molar-refractivity contribution in [2.24, 2.45) is 5.18 Å². The predicted octanol–water partition coefficient (Wildman–Crippen LogP) is 1.32. The van der Waals surface area contributed by atoms with Crippen LogP contribution in [-0.4, -0.2) is 12.7 Å². The highest BCUT2D eigenvalue weighted by Crippen LogP contribution is 2.13. The quantitative estimate of drug-likeness (QED) is 0.471. The minimum Gasteiger partial charge on any atom is -0.169 e. The van der Waals surface area contributed by atoms with Gasteiger partial charge in [-0.25, -0.2) is 0 Å². The molecule has 0 aromatic carbocycles. The van der Waals surface area contributed by atoms with Crippen LogP contribution in [0.5, 0.6) is 0 Å². The average molecular weight is 113 g/mol. The maximum absolute atomic E-state index is 10.8. The van der Waals surface area contributed by atoms with Crippen molar-refractivity contribution in [3.05, 3.63) is 4.91 Å². The first-order valence-electron chi connectivity index (χ1n) is 1.42. The first-order valence-corrected chi connectivity index (χ1v) is 1.42. The Morgan fingerprint density at radius 3 is 1.86 bits per heavy atom. The summed E-state index contributed by atoms with van der Waals surface area (Å²) in [7, 11) is 0. The van der Waals surface area contributed by atoms with E-state index < -0.39 is 12.7 Å². The minimum atomic E-state index is -4.43. The van der Waals surface area contributed by atoms with E-state index >= 15 is 0 Å². The van der Waals surface area contributed by atoms with Crippen LogP contribution < -0.4 is 0 Å². The molecule has 0 spiro atoms. The van der Waals surface area contributed by atoms with E-state index in [1.807, 2.05) is 0 Å². The van der Waals surface area contributed by atoms with Crippen LogP contribution in [0.4, 0.5) is 13.2 Å². The van der Waals surface area contributed by atoms with Gasteiger partial charge in [-0.05, 0) is 0 Å². The Morgan fingerprint density at radius 2 is 1.86 bits per heavy atom. The molecular weight excluding hydrogens is 111 g/mol. The van der Waals surface area contributed by atoms with Crippen molar-refractivity contribution in [2.75, 3.05) is 6.54 Å². The van der Waals surface area contributed by atoms with Gasteiger partial charge in [0.15, 0.2) is 6.54 Å². The highest BCUT2D eigenvalue weighted by atomic mass is 19.4.